The molecule has 0 aromatic carbocycles. The Kier molecular flexibility index (Phi) is 6.13. The van der Waals surface area contributed by atoms with Gasteiger partial charge in [-0.1, -0.05) is 41.0 Å². The molecule has 108 valence electrons. The molecule has 2 heteroatoms. The van der Waals surface area contributed by atoms with E-state index in [-0.39, 0.29) is 12.2 Å². The zero-order chi connectivity index (χ0) is 13.8. The van der Waals surface area contributed by atoms with Gasteiger partial charge >= 0.3 is 0 Å². The van der Waals surface area contributed by atoms with Crippen LogP contribution in [0.1, 0.15) is 66.7 Å². The first-order valence-corrected chi connectivity index (χ1v) is 7.64. The minimum absolute atomic E-state index is 0.0577. The van der Waals surface area contributed by atoms with Gasteiger partial charge in [-0.2, -0.15) is 0 Å². The van der Waals surface area contributed by atoms with Gasteiger partial charge < -0.3 is 9.84 Å². The Hall–Kier alpha value is -0.0800. The number of hydrogen-bond acceptors (Lipinski definition) is 2. The average Bonchev–Trinajstić information content (AvgIpc) is 2.26. The molecule has 1 N–H and O–H groups in total. The number of aliphatic hydroxyl groups is 1. The summed E-state index contributed by atoms with van der Waals surface area (Å²) in [6, 6.07) is 0. The molecule has 1 fully saturated rings. The van der Waals surface area contributed by atoms with Gasteiger partial charge in [0.25, 0.3) is 0 Å². The molecule has 1 saturated carbocycles. The molecular formula is C16H32O2. The van der Waals surface area contributed by atoms with Gasteiger partial charge in [-0.3, -0.25) is 0 Å². The lowest BCUT2D eigenvalue weighted by molar-refractivity contribution is -0.0914. The molecule has 0 saturated heterocycles. The summed E-state index contributed by atoms with van der Waals surface area (Å²) in [5.41, 5.74) is 0.330. The van der Waals surface area contributed by atoms with E-state index >= 15 is 0 Å². The summed E-state index contributed by atoms with van der Waals surface area (Å²) in [6.45, 7) is 12.1. The van der Waals surface area contributed by atoms with E-state index in [4.69, 9.17) is 4.74 Å². The molecule has 1 aliphatic carbocycles. The van der Waals surface area contributed by atoms with Crippen molar-refractivity contribution in [3.05, 3.63) is 0 Å². The number of hydrogen-bond donors (Lipinski definition) is 1. The molecule has 18 heavy (non-hydrogen) atoms. The summed E-state index contributed by atoms with van der Waals surface area (Å²) in [7, 11) is 0. The van der Waals surface area contributed by atoms with Crippen LogP contribution < -0.4 is 0 Å². The lowest BCUT2D eigenvalue weighted by atomic mass is 9.71. The average molecular weight is 256 g/mol. The standard InChI is InChI=1S/C16H32O2/c1-6-7-12(2)11-18-15-10-13(16(3,4)5)8-9-14(15)17/h12-15,17H,6-11H2,1-5H3. The van der Waals surface area contributed by atoms with E-state index in [9.17, 15) is 5.11 Å². The van der Waals surface area contributed by atoms with Crippen LogP contribution in [0.3, 0.4) is 0 Å². The molecule has 0 spiro atoms. The molecule has 4 unspecified atom stereocenters. The fourth-order valence-electron chi connectivity index (χ4n) is 2.94. The highest BCUT2D eigenvalue weighted by molar-refractivity contribution is 4.86. The van der Waals surface area contributed by atoms with Crippen molar-refractivity contribution in [3.8, 4) is 0 Å². The zero-order valence-corrected chi connectivity index (χ0v) is 12.9. The predicted octanol–water partition coefficient (Wildman–Crippen LogP) is 4.01. The third-order valence-electron chi connectivity index (χ3n) is 4.36. The van der Waals surface area contributed by atoms with Gasteiger partial charge in [0.1, 0.15) is 0 Å². The summed E-state index contributed by atoms with van der Waals surface area (Å²) in [5.74, 6) is 1.28. The van der Waals surface area contributed by atoms with Gasteiger partial charge in [0.2, 0.25) is 0 Å². The third-order valence-corrected chi connectivity index (χ3v) is 4.36. The topological polar surface area (TPSA) is 29.5 Å². The van der Waals surface area contributed by atoms with Crippen LogP contribution in [0.25, 0.3) is 0 Å². The second-order valence-electron chi connectivity index (χ2n) is 7.21. The SMILES string of the molecule is CCCC(C)COC1CC(C(C)(C)C)CCC1O. The highest BCUT2D eigenvalue weighted by Crippen LogP contribution is 2.38. The van der Waals surface area contributed by atoms with Crippen molar-refractivity contribution in [3.63, 3.8) is 0 Å². The summed E-state index contributed by atoms with van der Waals surface area (Å²) in [4.78, 5) is 0. The Labute approximate surface area is 113 Å². The van der Waals surface area contributed by atoms with E-state index in [1.54, 1.807) is 0 Å². The van der Waals surface area contributed by atoms with Crippen LogP contribution in [0.5, 0.6) is 0 Å². The molecule has 1 rings (SSSR count). The minimum Gasteiger partial charge on any atom is -0.390 e. The fraction of sp³-hybridized carbons (Fsp3) is 1.00. The summed E-state index contributed by atoms with van der Waals surface area (Å²) >= 11 is 0. The summed E-state index contributed by atoms with van der Waals surface area (Å²) in [6.07, 6.45) is 5.28. The second-order valence-corrected chi connectivity index (χ2v) is 7.21. The zero-order valence-electron chi connectivity index (χ0n) is 12.9. The quantitative estimate of drug-likeness (QED) is 0.805. The van der Waals surface area contributed by atoms with Crippen LogP contribution in [0.15, 0.2) is 0 Å². The first-order chi connectivity index (χ1) is 8.34. The van der Waals surface area contributed by atoms with E-state index in [2.05, 4.69) is 34.6 Å². The van der Waals surface area contributed by atoms with Gasteiger partial charge in [-0.05, 0) is 42.9 Å². The Morgan fingerprint density at radius 1 is 1.28 bits per heavy atom. The van der Waals surface area contributed by atoms with Crippen molar-refractivity contribution >= 4 is 0 Å². The van der Waals surface area contributed by atoms with Crippen LogP contribution in [0.4, 0.5) is 0 Å². The van der Waals surface area contributed by atoms with Gasteiger partial charge in [0.05, 0.1) is 12.2 Å². The minimum atomic E-state index is -0.252. The van der Waals surface area contributed by atoms with Crippen LogP contribution in [0, 0.1) is 17.3 Å². The molecule has 0 aromatic rings. The molecule has 0 heterocycles. The monoisotopic (exact) mass is 256 g/mol. The maximum atomic E-state index is 10.1. The smallest absolute Gasteiger partial charge is 0.0836 e. The maximum absolute atomic E-state index is 10.1. The number of rotatable bonds is 5. The normalized spacial score (nSPS) is 31.3. The van der Waals surface area contributed by atoms with Crippen LogP contribution in [-0.2, 0) is 4.74 Å². The van der Waals surface area contributed by atoms with Crippen LogP contribution in [0.2, 0.25) is 0 Å². The molecule has 4 atom stereocenters. The van der Waals surface area contributed by atoms with E-state index in [1.807, 2.05) is 0 Å². The first-order valence-electron chi connectivity index (χ1n) is 7.64. The molecule has 0 aliphatic heterocycles. The van der Waals surface area contributed by atoms with E-state index in [0.717, 1.165) is 25.9 Å². The third kappa shape index (κ3) is 4.89. The Morgan fingerprint density at radius 3 is 2.50 bits per heavy atom. The van der Waals surface area contributed by atoms with Crippen molar-refractivity contribution in [2.45, 2.75) is 78.9 Å². The van der Waals surface area contributed by atoms with Crippen molar-refractivity contribution < 1.29 is 9.84 Å². The highest BCUT2D eigenvalue weighted by atomic mass is 16.5. The van der Waals surface area contributed by atoms with Crippen molar-refractivity contribution in [2.24, 2.45) is 17.3 Å². The Bertz CT molecular complexity index is 232. The molecular weight excluding hydrogens is 224 g/mol. The Morgan fingerprint density at radius 2 is 1.94 bits per heavy atom. The lowest BCUT2D eigenvalue weighted by Crippen LogP contribution is -2.40. The molecule has 0 amide bonds. The largest absolute Gasteiger partial charge is 0.390 e. The van der Waals surface area contributed by atoms with Crippen molar-refractivity contribution in [2.75, 3.05) is 6.61 Å². The Balaban J connectivity index is 2.42. The molecule has 0 radical (unpaired) electrons. The van der Waals surface area contributed by atoms with E-state index in [0.29, 0.717) is 17.3 Å². The van der Waals surface area contributed by atoms with Gasteiger partial charge in [-0.25, -0.2) is 0 Å². The number of aliphatic hydroxyl groups excluding tert-OH is 1. The molecule has 0 bridgehead atoms. The van der Waals surface area contributed by atoms with Gasteiger partial charge in [-0.15, -0.1) is 0 Å². The number of ether oxygens (including phenoxy) is 1. The van der Waals surface area contributed by atoms with Crippen molar-refractivity contribution in [1.29, 1.82) is 0 Å². The maximum Gasteiger partial charge on any atom is 0.0836 e. The lowest BCUT2D eigenvalue weighted by Gasteiger charge is -2.40. The molecule has 2 nitrogen and oxygen atoms in total. The van der Waals surface area contributed by atoms with Crippen molar-refractivity contribution in [1.82, 2.24) is 0 Å². The highest BCUT2D eigenvalue weighted by Gasteiger charge is 2.35. The summed E-state index contributed by atoms with van der Waals surface area (Å²) < 4.78 is 5.98. The predicted molar refractivity (Wildman–Crippen MR) is 76.6 cm³/mol. The molecule has 1 aliphatic rings. The van der Waals surface area contributed by atoms with Gasteiger partial charge in [0, 0.05) is 6.61 Å². The first kappa shape index (κ1) is 16.0. The van der Waals surface area contributed by atoms with Gasteiger partial charge in [0.15, 0.2) is 0 Å². The fourth-order valence-corrected chi connectivity index (χ4v) is 2.94. The van der Waals surface area contributed by atoms with Crippen LogP contribution >= 0.6 is 0 Å². The van der Waals surface area contributed by atoms with Crippen LogP contribution in [-0.4, -0.2) is 23.9 Å². The van der Waals surface area contributed by atoms with E-state index < -0.39 is 0 Å². The summed E-state index contributed by atoms with van der Waals surface area (Å²) in [5, 5.41) is 10.1. The molecule has 0 aromatic heterocycles. The van der Waals surface area contributed by atoms with E-state index in [1.165, 1.54) is 12.8 Å². The second kappa shape index (κ2) is 6.91.